The number of hydrogen-bond donors (Lipinski definition) is 2. The molecule has 0 amide bonds. The van der Waals surface area contributed by atoms with Gasteiger partial charge in [0.15, 0.2) is 6.10 Å². The highest BCUT2D eigenvalue weighted by molar-refractivity contribution is 5.86. The Kier molecular flexibility index (Phi) is 10.6. The second-order valence-electron chi connectivity index (χ2n) is 14.0. The Bertz CT molecular complexity index is 1430. The van der Waals surface area contributed by atoms with E-state index in [0.717, 1.165) is 12.0 Å². The van der Waals surface area contributed by atoms with Crippen LogP contribution in [0.15, 0.2) is 54.1 Å². The molecule has 2 aliphatic carbocycles. The molecule has 258 valence electrons. The van der Waals surface area contributed by atoms with Crippen LogP contribution < -0.4 is 0 Å². The van der Waals surface area contributed by atoms with E-state index in [4.69, 9.17) is 23.7 Å². The van der Waals surface area contributed by atoms with Crippen molar-refractivity contribution in [3.05, 3.63) is 59.7 Å². The van der Waals surface area contributed by atoms with Crippen LogP contribution in [0.2, 0.25) is 0 Å². The summed E-state index contributed by atoms with van der Waals surface area (Å²) in [6.07, 6.45) is 12.3. The van der Waals surface area contributed by atoms with Crippen LogP contribution in [0, 0.1) is 23.7 Å². The lowest BCUT2D eigenvalue weighted by molar-refractivity contribution is -0.230. The Morgan fingerprint density at radius 1 is 1.21 bits per heavy atom. The van der Waals surface area contributed by atoms with E-state index < -0.39 is 53.8 Å². The fourth-order valence-corrected chi connectivity index (χ4v) is 7.59. The number of esters is 2. The number of imidazole rings is 1. The third-order valence-electron chi connectivity index (χ3n) is 10.3. The second kappa shape index (κ2) is 14.2. The number of carbonyl (C=O) groups excluding carboxylic acids is 2. The third-order valence-corrected chi connectivity index (χ3v) is 10.3. The summed E-state index contributed by atoms with van der Waals surface area (Å²) >= 11 is 0. The fraction of sp³-hybridized carbons (Fsp3) is 0.639. The molecule has 2 N–H and O–H groups in total. The number of methoxy groups -OCH3 is 1. The van der Waals surface area contributed by atoms with E-state index in [0.29, 0.717) is 36.8 Å². The van der Waals surface area contributed by atoms with Crippen LogP contribution in [0.1, 0.15) is 66.0 Å². The Hall–Kier alpha value is -3.09. The van der Waals surface area contributed by atoms with Crippen molar-refractivity contribution in [1.82, 2.24) is 9.55 Å². The Morgan fingerprint density at radius 2 is 1.98 bits per heavy atom. The normalized spacial score (nSPS) is 38.2. The highest BCUT2D eigenvalue weighted by Crippen LogP contribution is 2.50. The molecule has 11 nitrogen and oxygen atoms in total. The van der Waals surface area contributed by atoms with E-state index in [1.165, 1.54) is 18.6 Å². The smallest absolute Gasteiger partial charge is 0.331 e. The topological polar surface area (TPSA) is 139 Å². The molecule has 11 heteroatoms. The number of hydrogen-bond acceptors (Lipinski definition) is 10. The third kappa shape index (κ3) is 7.49. The van der Waals surface area contributed by atoms with Crippen molar-refractivity contribution in [1.29, 1.82) is 0 Å². The number of nitrogens with zero attached hydrogens (tertiary/aromatic N) is 2. The molecule has 1 aromatic heterocycles. The lowest BCUT2D eigenvalue weighted by Crippen LogP contribution is -2.52. The van der Waals surface area contributed by atoms with Gasteiger partial charge in [-0.3, -0.25) is 4.79 Å². The monoisotopic (exact) mass is 654 g/mol. The van der Waals surface area contributed by atoms with Gasteiger partial charge in [0.2, 0.25) is 5.79 Å². The average Bonchev–Trinajstić information content (AvgIpc) is 3.61. The van der Waals surface area contributed by atoms with Gasteiger partial charge in [0, 0.05) is 38.9 Å². The number of carbonyl (C=O) groups is 2. The average molecular weight is 655 g/mol. The number of rotatable bonds is 9. The van der Waals surface area contributed by atoms with Gasteiger partial charge in [0.25, 0.3) is 0 Å². The van der Waals surface area contributed by atoms with Crippen LogP contribution in [-0.2, 0) is 40.3 Å². The van der Waals surface area contributed by atoms with Gasteiger partial charge in [0.1, 0.15) is 17.8 Å². The maximum Gasteiger partial charge on any atom is 0.331 e. The Balaban J connectivity index is 1.49. The maximum atomic E-state index is 13.3. The lowest BCUT2D eigenvalue weighted by Gasteiger charge is -2.41. The summed E-state index contributed by atoms with van der Waals surface area (Å²) in [7, 11) is 3.44. The number of ether oxygens (including phenoxy) is 5. The van der Waals surface area contributed by atoms with E-state index >= 15 is 0 Å². The van der Waals surface area contributed by atoms with Gasteiger partial charge in [-0.1, -0.05) is 31.6 Å². The zero-order valence-corrected chi connectivity index (χ0v) is 28.5. The van der Waals surface area contributed by atoms with Gasteiger partial charge in [-0.15, -0.1) is 0 Å². The maximum absolute atomic E-state index is 13.3. The first-order chi connectivity index (χ1) is 22.2. The molecule has 47 heavy (non-hydrogen) atoms. The molecule has 2 aliphatic heterocycles. The molecular formula is C36H50N2O9. The summed E-state index contributed by atoms with van der Waals surface area (Å²) < 4.78 is 32.9. The molecule has 0 radical (unpaired) electrons. The zero-order chi connectivity index (χ0) is 34.1. The molecule has 1 fully saturated rings. The van der Waals surface area contributed by atoms with E-state index in [2.05, 4.69) is 37.9 Å². The molecule has 2 bridgehead atoms. The first-order valence-electron chi connectivity index (χ1n) is 16.6. The molecule has 1 saturated carbocycles. The van der Waals surface area contributed by atoms with Crippen molar-refractivity contribution in [2.24, 2.45) is 30.7 Å². The molecule has 0 saturated heterocycles. The number of aliphatic hydroxyl groups excluding tert-OH is 2. The van der Waals surface area contributed by atoms with Crippen molar-refractivity contribution in [3.8, 4) is 0 Å². The largest absolute Gasteiger partial charge is 0.457 e. The van der Waals surface area contributed by atoms with Gasteiger partial charge in [-0.05, 0) is 81.4 Å². The summed E-state index contributed by atoms with van der Waals surface area (Å²) in [6, 6.07) is 0. The van der Waals surface area contributed by atoms with Gasteiger partial charge in [-0.2, -0.15) is 0 Å². The summed E-state index contributed by atoms with van der Waals surface area (Å²) in [4.78, 5) is 29.4. The molecule has 0 aromatic carbocycles. The first-order valence-corrected chi connectivity index (χ1v) is 16.6. The molecule has 1 aromatic rings. The molecule has 10 atom stereocenters. The van der Waals surface area contributed by atoms with Gasteiger partial charge < -0.3 is 38.5 Å². The summed E-state index contributed by atoms with van der Waals surface area (Å²) in [5.74, 6) is -1.62. The first kappa shape index (κ1) is 35.2. The molecule has 0 unspecified atom stereocenters. The molecule has 4 aliphatic rings. The van der Waals surface area contributed by atoms with Crippen molar-refractivity contribution in [2.45, 2.75) is 102 Å². The Labute approximate surface area is 277 Å². The molecule has 3 heterocycles. The summed E-state index contributed by atoms with van der Waals surface area (Å²) in [5, 5.41) is 21.0. The van der Waals surface area contributed by atoms with Crippen molar-refractivity contribution in [2.75, 3.05) is 13.7 Å². The van der Waals surface area contributed by atoms with Crippen molar-refractivity contribution < 1.29 is 43.5 Å². The van der Waals surface area contributed by atoms with Gasteiger partial charge >= 0.3 is 11.9 Å². The second-order valence-corrected chi connectivity index (χ2v) is 14.0. The minimum Gasteiger partial charge on any atom is -0.457 e. The van der Waals surface area contributed by atoms with Crippen molar-refractivity contribution >= 4 is 18.0 Å². The van der Waals surface area contributed by atoms with Crippen LogP contribution in [0.4, 0.5) is 0 Å². The molecule has 0 spiro atoms. The van der Waals surface area contributed by atoms with E-state index in [9.17, 15) is 19.8 Å². The van der Waals surface area contributed by atoms with E-state index in [1.54, 1.807) is 24.1 Å². The number of fused-ring (bicyclic) bond motifs is 3. The van der Waals surface area contributed by atoms with Gasteiger partial charge in [0.05, 0.1) is 30.8 Å². The van der Waals surface area contributed by atoms with Crippen LogP contribution in [0.5, 0.6) is 0 Å². The van der Waals surface area contributed by atoms with Crippen LogP contribution in [-0.4, -0.2) is 87.3 Å². The predicted molar refractivity (Wildman–Crippen MR) is 173 cm³/mol. The molecule has 5 rings (SSSR count). The van der Waals surface area contributed by atoms with E-state index in [1.807, 2.05) is 32.3 Å². The predicted octanol–water partition coefficient (Wildman–Crippen LogP) is 4.05. The SMILES string of the molecule is CO[C@]12C=C[C@](C)(O1)[C@@H](OC(=O)/C=C/c1cn(C)cn1)C[C@H]1C(C)=CC[C@H](C(C)C)[C@H]1/C=C\2CO[C@@H]1CC[C@@H](O)[C@@H](O)[C@@H]1OC(C)=O. The number of aliphatic hydroxyl groups is 2. The highest BCUT2D eigenvalue weighted by atomic mass is 16.7. The summed E-state index contributed by atoms with van der Waals surface area (Å²) in [6.45, 7) is 9.82. The minimum absolute atomic E-state index is 0.0474. The van der Waals surface area contributed by atoms with Crippen LogP contribution in [0.25, 0.3) is 6.08 Å². The quantitative estimate of drug-likeness (QED) is 0.228. The Morgan fingerprint density at radius 3 is 2.64 bits per heavy atom. The minimum atomic E-state index is -1.32. The fourth-order valence-electron chi connectivity index (χ4n) is 7.59. The van der Waals surface area contributed by atoms with Crippen LogP contribution >= 0.6 is 0 Å². The molecular weight excluding hydrogens is 604 g/mol. The highest BCUT2D eigenvalue weighted by Gasteiger charge is 2.54. The number of aromatic nitrogens is 2. The summed E-state index contributed by atoms with van der Waals surface area (Å²) in [5.41, 5.74) is 1.58. The number of aryl methyl sites for hydroxylation is 1. The van der Waals surface area contributed by atoms with Crippen LogP contribution in [0.3, 0.4) is 0 Å². The van der Waals surface area contributed by atoms with Gasteiger partial charge in [-0.25, -0.2) is 9.78 Å². The zero-order valence-electron chi connectivity index (χ0n) is 28.5. The van der Waals surface area contributed by atoms with Crippen molar-refractivity contribution in [3.63, 3.8) is 0 Å². The van der Waals surface area contributed by atoms with E-state index in [-0.39, 0.29) is 18.4 Å². The standard InChI is InChI=1S/C36H50N2O9/c1-21(2)26-10-8-22(3)27-17-31(46-32(41)13-9-25-18-38(6)20-37-25)35(5)14-15-36(43-7,47-35)24(16-28(26)27)19-44-30-12-11-29(40)33(42)34(30)45-23(4)39/h8-9,13-16,18,20-21,26-31,33-34,40,42H,10-12,17,19H2,1-7H3/b13-9+,24-16-/t26-,27+,28-,29-,30-,31+,33-,34-,35+,36-/m1/s1. The lowest BCUT2D eigenvalue weighted by atomic mass is 9.65. The number of allylic oxidation sites excluding steroid dienone is 3.